The first-order chi connectivity index (χ1) is 14.7. The molecular weight excluding hydrogens is 374 g/mol. The first-order valence-electron chi connectivity index (χ1n) is 11.4. The lowest BCUT2D eigenvalue weighted by molar-refractivity contribution is -0.0925. The fourth-order valence-electron chi connectivity index (χ4n) is 7.35. The third-order valence-electron chi connectivity index (χ3n) is 8.54. The lowest BCUT2D eigenvalue weighted by atomic mass is 9.48. The summed E-state index contributed by atoms with van der Waals surface area (Å²) < 4.78 is 5.81. The van der Waals surface area contributed by atoms with Crippen molar-refractivity contribution in [1.82, 2.24) is 5.32 Å². The van der Waals surface area contributed by atoms with Gasteiger partial charge >= 0.3 is 6.09 Å². The van der Waals surface area contributed by atoms with Crippen molar-refractivity contribution in [2.75, 3.05) is 13.2 Å². The molecule has 2 N–H and O–H groups in total. The molecule has 4 heteroatoms. The number of aliphatic hydroxyl groups is 1. The van der Waals surface area contributed by atoms with Crippen LogP contribution in [0.4, 0.5) is 4.79 Å². The maximum Gasteiger partial charge on any atom is 0.407 e. The highest BCUT2D eigenvalue weighted by atomic mass is 16.5. The molecule has 7 rings (SSSR count). The fraction of sp³-hybridized carbons (Fsp3) is 0.500. The lowest BCUT2D eigenvalue weighted by Gasteiger charge is -2.60. The molecule has 0 unspecified atom stereocenters. The molecule has 2 aromatic rings. The van der Waals surface area contributed by atoms with E-state index < -0.39 is 5.54 Å². The summed E-state index contributed by atoms with van der Waals surface area (Å²) in [6.07, 6.45) is 5.51. The van der Waals surface area contributed by atoms with Gasteiger partial charge in [-0.15, -0.1) is 0 Å². The number of hydrogen-bond donors (Lipinski definition) is 2. The van der Waals surface area contributed by atoms with Crippen LogP contribution in [0.3, 0.4) is 0 Å². The Balaban J connectivity index is 1.19. The molecule has 1 amide bonds. The van der Waals surface area contributed by atoms with E-state index in [4.69, 9.17) is 4.74 Å². The van der Waals surface area contributed by atoms with Gasteiger partial charge in [0.05, 0.1) is 12.1 Å². The Bertz CT molecular complexity index is 910. The van der Waals surface area contributed by atoms with Crippen molar-refractivity contribution in [1.29, 1.82) is 0 Å². The van der Waals surface area contributed by atoms with Gasteiger partial charge in [-0.1, -0.05) is 48.5 Å². The molecule has 4 bridgehead atoms. The van der Waals surface area contributed by atoms with Crippen molar-refractivity contribution < 1.29 is 14.6 Å². The van der Waals surface area contributed by atoms with Gasteiger partial charge in [0.15, 0.2) is 0 Å². The molecule has 5 aliphatic carbocycles. The third kappa shape index (κ3) is 2.66. The summed E-state index contributed by atoms with van der Waals surface area (Å²) in [5, 5.41) is 13.6. The van der Waals surface area contributed by atoms with Crippen LogP contribution in [-0.2, 0) is 4.74 Å². The summed E-state index contributed by atoms with van der Waals surface area (Å²) >= 11 is 0. The summed E-state index contributed by atoms with van der Waals surface area (Å²) in [6.45, 7) is 0.341. The maximum absolute atomic E-state index is 12.9. The second-order valence-electron chi connectivity index (χ2n) is 9.95. The number of aliphatic hydroxyl groups excluding tert-OH is 1. The Morgan fingerprint density at radius 2 is 1.43 bits per heavy atom. The van der Waals surface area contributed by atoms with E-state index in [0.29, 0.717) is 18.4 Å². The van der Waals surface area contributed by atoms with E-state index in [9.17, 15) is 9.90 Å². The number of carbonyl (C=O) groups is 1. The molecule has 0 atom stereocenters. The van der Waals surface area contributed by atoms with E-state index >= 15 is 0 Å². The van der Waals surface area contributed by atoms with Crippen molar-refractivity contribution in [3.05, 3.63) is 59.7 Å². The van der Waals surface area contributed by atoms with Crippen LogP contribution in [0.25, 0.3) is 11.1 Å². The summed E-state index contributed by atoms with van der Waals surface area (Å²) in [7, 11) is 0. The van der Waals surface area contributed by atoms with Crippen molar-refractivity contribution in [2.24, 2.45) is 23.7 Å². The number of nitrogens with one attached hydrogen (secondary N) is 1. The summed E-state index contributed by atoms with van der Waals surface area (Å²) in [4.78, 5) is 12.9. The van der Waals surface area contributed by atoms with E-state index in [1.807, 2.05) is 12.1 Å². The van der Waals surface area contributed by atoms with Crippen molar-refractivity contribution in [2.45, 2.75) is 43.6 Å². The molecule has 4 fully saturated rings. The molecule has 156 valence electrons. The van der Waals surface area contributed by atoms with Crippen LogP contribution in [0.15, 0.2) is 48.5 Å². The first kappa shape index (κ1) is 18.4. The molecule has 0 spiro atoms. The number of amides is 1. The number of fused-ring (bicyclic) bond motifs is 3. The highest BCUT2D eigenvalue weighted by molar-refractivity contribution is 5.79. The Kier molecular flexibility index (Phi) is 4.21. The second-order valence-corrected chi connectivity index (χ2v) is 9.95. The van der Waals surface area contributed by atoms with Crippen LogP contribution in [0.1, 0.15) is 49.1 Å². The van der Waals surface area contributed by atoms with Crippen molar-refractivity contribution >= 4 is 6.09 Å². The van der Waals surface area contributed by atoms with Crippen LogP contribution in [0, 0.1) is 23.7 Å². The quantitative estimate of drug-likeness (QED) is 0.777. The Hall–Kier alpha value is -2.33. The van der Waals surface area contributed by atoms with E-state index in [2.05, 4.69) is 41.7 Å². The number of alkyl carbamates (subject to hydrolysis) is 1. The van der Waals surface area contributed by atoms with E-state index in [1.54, 1.807) is 0 Å². The predicted octanol–water partition coefficient (Wildman–Crippen LogP) is 4.71. The van der Waals surface area contributed by atoms with Crippen LogP contribution in [-0.4, -0.2) is 30.0 Å². The molecule has 0 heterocycles. The highest BCUT2D eigenvalue weighted by Crippen LogP contribution is 2.58. The number of carbonyl (C=O) groups excluding carboxylic acids is 1. The normalized spacial score (nSPS) is 33.2. The molecular formula is C26H29NO3. The van der Waals surface area contributed by atoms with Gasteiger partial charge in [-0.25, -0.2) is 4.79 Å². The first-order valence-corrected chi connectivity index (χ1v) is 11.4. The molecule has 0 saturated heterocycles. The van der Waals surface area contributed by atoms with Gasteiger partial charge in [0.1, 0.15) is 6.61 Å². The van der Waals surface area contributed by atoms with E-state index in [1.165, 1.54) is 28.7 Å². The average Bonchev–Trinajstić information content (AvgIpc) is 3.08. The second kappa shape index (κ2) is 6.84. The monoisotopic (exact) mass is 403 g/mol. The average molecular weight is 404 g/mol. The van der Waals surface area contributed by atoms with E-state index in [0.717, 1.165) is 37.5 Å². The molecule has 5 aliphatic rings. The highest BCUT2D eigenvalue weighted by Gasteiger charge is 2.57. The predicted molar refractivity (Wildman–Crippen MR) is 115 cm³/mol. The van der Waals surface area contributed by atoms with Crippen LogP contribution in [0.5, 0.6) is 0 Å². The number of hydrogen-bond acceptors (Lipinski definition) is 3. The zero-order valence-corrected chi connectivity index (χ0v) is 17.2. The lowest BCUT2D eigenvalue weighted by Crippen LogP contribution is -2.68. The van der Waals surface area contributed by atoms with Gasteiger partial charge in [0, 0.05) is 5.92 Å². The SMILES string of the molecule is O=C(NC1(CO)C2CC3CC(C2)CC1C3)OCC1c2ccccc2-c2ccccc21. The summed E-state index contributed by atoms with van der Waals surface area (Å²) in [5.41, 5.74) is 4.41. The minimum atomic E-state index is -0.490. The fourth-order valence-corrected chi connectivity index (χ4v) is 7.35. The molecule has 0 aliphatic heterocycles. The summed E-state index contributed by atoms with van der Waals surface area (Å²) in [6, 6.07) is 16.8. The Labute approximate surface area is 177 Å². The molecule has 0 radical (unpaired) electrons. The van der Waals surface area contributed by atoms with Gasteiger partial charge in [-0.05, 0) is 78.0 Å². The van der Waals surface area contributed by atoms with Crippen molar-refractivity contribution in [3.63, 3.8) is 0 Å². The third-order valence-corrected chi connectivity index (χ3v) is 8.54. The van der Waals surface area contributed by atoms with Gasteiger partial charge < -0.3 is 15.2 Å². The Morgan fingerprint density at radius 3 is 1.97 bits per heavy atom. The van der Waals surface area contributed by atoms with Gasteiger partial charge in [0.2, 0.25) is 0 Å². The minimum Gasteiger partial charge on any atom is -0.449 e. The smallest absolute Gasteiger partial charge is 0.407 e. The number of benzene rings is 2. The number of ether oxygens (including phenoxy) is 1. The van der Waals surface area contributed by atoms with Crippen LogP contribution in [0.2, 0.25) is 0 Å². The zero-order valence-electron chi connectivity index (χ0n) is 17.2. The van der Waals surface area contributed by atoms with Gasteiger partial charge in [-0.2, -0.15) is 0 Å². The largest absolute Gasteiger partial charge is 0.449 e. The van der Waals surface area contributed by atoms with Gasteiger partial charge in [-0.3, -0.25) is 0 Å². The zero-order chi connectivity index (χ0) is 20.3. The van der Waals surface area contributed by atoms with E-state index in [-0.39, 0.29) is 18.6 Å². The molecule has 2 aromatic carbocycles. The standard InChI is InChI=1S/C26H29NO3/c28-15-26(18-10-16-9-17(12-18)13-19(26)11-16)27-25(29)30-14-24-22-7-3-1-5-20(22)21-6-2-4-8-23(21)24/h1-8,16-19,24,28H,9-15H2,(H,27,29). The van der Waals surface area contributed by atoms with Crippen LogP contribution < -0.4 is 5.32 Å². The molecule has 4 nitrogen and oxygen atoms in total. The maximum atomic E-state index is 12.9. The summed E-state index contributed by atoms with van der Waals surface area (Å²) in [5.74, 6) is 2.41. The molecule has 30 heavy (non-hydrogen) atoms. The number of rotatable bonds is 4. The Morgan fingerprint density at radius 1 is 0.900 bits per heavy atom. The molecule has 4 saturated carbocycles. The minimum absolute atomic E-state index is 0.0198. The topological polar surface area (TPSA) is 58.6 Å². The molecule has 0 aromatic heterocycles. The van der Waals surface area contributed by atoms with Gasteiger partial charge in [0.25, 0.3) is 0 Å². The van der Waals surface area contributed by atoms with Crippen molar-refractivity contribution in [3.8, 4) is 11.1 Å². The van der Waals surface area contributed by atoms with Crippen LogP contribution >= 0.6 is 0 Å².